The van der Waals surface area contributed by atoms with Crippen molar-refractivity contribution in [3.8, 4) is 5.88 Å². The maximum absolute atomic E-state index is 5.73. The van der Waals surface area contributed by atoms with E-state index in [-0.39, 0.29) is 0 Å². The van der Waals surface area contributed by atoms with Crippen LogP contribution in [0.15, 0.2) is 36.5 Å². The topological polar surface area (TPSA) is 47.0 Å². The summed E-state index contributed by atoms with van der Waals surface area (Å²) in [4.78, 5) is 8.36. The molecule has 2 aromatic rings. The molecule has 0 aliphatic heterocycles. The zero-order chi connectivity index (χ0) is 12.8. The molecule has 1 N–H and O–H groups in total. The zero-order valence-electron chi connectivity index (χ0n) is 10.1. The molecule has 1 aromatic heterocycles. The second-order valence-electron chi connectivity index (χ2n) is 3.61. The van der Waals surface area contributed by atoms with Crippen molar-refractivity contribution in [1.82, 2.24) is 9.97 Å². The van der Waals surface area contributed by atoms with E-state index in [1.807, 2.05) is 31.2 Å². The van der Waals surface area contributed by atoms with Gasteiger partial charge in [0.1, 0.15) is 0 Å². The maximum atomic E-state index is 5.73. The minimum atomic E-state index is 0.511. The number of anilines is 2. The molecule has 0 saturated carbocycles. The number of nitrogens with one attached hydrogen (secondary N) is 1. The predicted octanol–water partition coefficient (Wildman–Crippen LogP) is 3.36. The van der Waals surface area contributed by atoms with E-state index >= 15 is 0 Å². The first-order valence-electron chi connectivity index (χ1n) is 5.69. The van der Waals surface area contributed by atoms with Crippen molar-refractivity contribution in [1.29, 1.82) is 0 Å². The van der Waals surface area contributed by atoms with Crippen LogP contribution >= 0.6 is 11.6 Å². The van der Waals surface area contributed by atoms with Gasteiger partial charge in [-0.3, -0.25) is 0 Å². The van der Waals surface area contributed by atoms with Gasteiger partial charge in [-0.25, -0.2) is 4.98 Å². The number of alkyl halides is 1. The number of rotatable bonds is 5. The van der Waals surface area contributed by atoms with Gasteiger partial charge >= 0.3 is 0 Å². The van der Waals surface area contributed by atoms with Crippen LogP contribution in [0.3, 0.4) is 0 Å². The molecule has 0 saturated heterocycles. The summed E-state index contributed by atoms with van der Waals surface area (Å²) in [5.41, 5.74) is 1.99. The fourth-order valence-corrected chi connectivity index (χ4v) is 1.62. The average molecular weight is 264 g/mol. The van der Waals surface area contributed by atoms with Crippen LogP contribution in [0.1, 0.15) is 12.5 Å². The number of hydrogen-bond acceptors (Lipinski definition) is 4. The first-order chi connectivity index (χ1) is 8.81. The third-order valence-electron chi connectivity index (χ3n) is 2.29. The van der Waals surface area contributed by atoms with Crippen molar-refractivity contribution in [3.63, 3.8) is 0 Å². The maximum Gasteiger partial charge on any atom is 0.230 e. The lowest BCUT2D eigenvalue weighted by Gasteiger charge is -2.07. The van der Waals surface area contributed by atoms with Crippen molar-refractivity contribution >= 4 is 23.2 Å². The summed E-state index contributed by atoms with van der Waals surface area (Å²) in [5.74, 6) is 1.59. The molecular formula is C13H14ClN3O. The Morgan fingerprint density at radius 1 is 1.22 bits per heavy atom. The smallest absolute Gasteiger partial charge is 0.230 e. The average Bonchev–Trinajstić information content (AvgIpc) is 2.40. The molecule has 0 radical (unpaired) electrons. The van der Waals surface area contributed by atoms with E-state index in [4.69, 9.17) is 16.3 Å². The molecule has 0 bridgehead atoms. The Balaban J connectivity index is 2.09. The van der Waals surface area contributed by atoms with Gasteiger partial charge in [-0.1, -0.05) is 12.1 Å². The van der Waals surface area contributed by atoms with Crippen LogP contribution in [0.25, 0.3) is 0 Å². The standard InChI is InChI=1S/C13H14ClN3O/c1-2-18-12-7-8-15-13(17-12)16-11-5-3-10(9-14)4-6-11/h3-8H,2,9H2,1H3,(H,15,16,17). The van der Waals surface area contributed by atoms with Gasteiger partial charge in [0, 0.05) is 23.8 Å². The summed E-state index contributed by atoms with van der Waals surface area (Å²) in [6.45, 7) is 2.50. The molecule has 2 rings (SSSR count). The minimum Gasteiger partial charge on any atom is -0.478 e. The molecule has 0 unspecified atom stereocenters. The van der Waals surface area contributed by atoms with Gasteiger partial charge in [-0.05, 0) is 24.6 Å². The van der Waals surface area contributed by atoms with Crippen LogP contribution in [0.2, 0.25) is 0 Å². The van der Waals surface area contributed by atoms with Crippen molar-refractivity contribution in [2.45, 2.75) is 12.8 Å². The number of ether oxygens (including phenoxy) is 1. The Hall–Kier alpha value is -1.81. The number of halogens is 1. The lowest BCUT2D eigenvalue weighted by molar-refractivity contribution is 0.327. The van der Waals surface area contributed by atoms with E-state index < -0.39 is 0 Å². The summed E-state index contributed by atoms with van der Waals surface area (Å²) in [5, 5.41) is 3.11. The van der Waals surface area contributed by atoms with Gasteiger partial charge in [-0.2, -0.15) is 4.98 Å². The molecule has 0 spiro atoms. The third-order valence-corrected chi connectivity index (χ3v) is 2.60. The van der Waals surface area contributed by atoms with Crippen molar-refractivity contribution in [3.05, 3.63) is 42.1 Å². The highest BCUT2D eigenvalue weighted by molar-refractivity contribution is 6.17. The minimum absolute atomic E-state index is 0.511. The summed E-state index contributed by atoms with van der Waals surface area (Å²) >= 11 is 5.73. The summed E-state index contributed by atoms with van der Waals surface area (Å²) < 4.78 is 5.31. The second-order valence-corrected chi connectivity index (χ2v) is 3.87. The highest BCUT2D eigenvalue weighted by Gasteiger charge is 2.00. The summed E-state index contributed by atoms with van der Waals surface area (Å²) in [6.07, 6.45) is 1.66. The largest absolute Gasteiger partial charge is 0.478 e. The van der Waals surface area contributed by atoms with Crippen molar-refractivity contribution < 1.29 is 4.74 Å². The molecular weight excluding hydrogens is 250 g/mol. The fraction of sp³-hybridized carbons (Fsp3) is 0.231. The Bertz CT molecular complexity index is 502. The van der Waals surface area contributed by atoms with Gasteiger partial charge in [-0.15, -0.1) is 11.6 Å². The zero-order valence-corrected chi connectivity index (χ0v) is 10.8. The molecule has 0 atom stereocenters. The molecule has 1 aromatic carbocycles. The molecule has 0 aliphatic rings. The van der Waals surface area contributed by atoms with E-state index in [9.17, 15) is 0 Å². The summed E-state index contributed by atoms with van der Waals surface area (Å²) in [6, 6.07) is 9.53. The second kappa shape index (κ2) is 6.21. The third kappa shape index (κ3) is 3.34. The lowest BCUT2D eigenvalue weighted by Crippen LogP contribution is -2.00. The Morgan fingerprint density at radius 2 is 2.00 bits per heavy atom. The summed E-state index contributed by atoms with van der Waals surface area (Å²) in [7, 11) is 0. The fourth-order valence-electron chi connectivity index (χ4n) is 1.44. The van der Waals surface area contributed by atoms with Crippen molar-refractivity contribution in [2.24, 2.45) is 0 Å². The van der Waals surface area contributed by atoms with Gasteiger partial charge in [0.15, 0.2) is 0 Å². The van der Waals surface area contributed by atoms with Crippen LogP contribution in [0.4, 0.5) is 11.6 Å². The van der Waals surface area contributed by atoms with Crippen LogP contribution in [-0.2, 0) is 5.88 Å². The number of aromatic nitrogens is 2. The molecule has 0 amide bonds. The van der Waals surface area contributed by atoms with E-state index in [1.165, 1.54) is 0 Å². The molecule has 0 fully saturated rings. The van der Waals surface area contributed by atoms with E-state index in [0.717, 1.165) is 11.3 Å². The lowest BCUT2D eigenvalue weighted by atomic mass is 10.2. The Kier molecular flexibility index (Phi) is 4.36. The molecule has 94 valence electrons. The SMILES string of the molecule is CCOc1ccnc(Nc2ccc(CCl)cc2)n1. The molecule has 0 aliphatic carbocycles. The highest BCUT2D eigenvalue weighted by Crippen LogP contribution is 2.16. The predicted molar refractivity (Wildman–Crippen MR) is 72.5 cm³/mol. The Morgan fingerprint density at radius 3 is 2.67 bits per heavy atom. The van der Waals surface area contributed by atoms with Crippen LogP contribution in [-0.4, -0.2) is 16.6 Å². The van der Waals surface area contributed by atoms with E-state index in [1.54, 1.807) is 12.3 Å². The molecule has 18 heavy (non-hydrogen) atoms. The van der Waals surface area contributed by atoms with Gasteiger partial charge < -0.3 is 10.1 Å². The van der Waals surface area contributed by atoms with Gasteiger partial charge in [0.2, 0.25) is 11.8 Å². The highest BCUT2D eigenvalue weighted by atomic mass is 35.5. The monoisotopic (exact) mass is 263 g/mol. The first-order valence-corrected chi connectivity index (χ1v) is 6.23. The quantitative estimate of drug-likeness (QED) is 0.841. The molecule has 5 heteroatoms. The molecule has 1 heterocycles. The molecule has 4 nitrogen and oxygen atoms in total. The van der Waals surface area contributed by atoms with Gasteiger partial charge in [0.25, 0.3) is 0 Å². The number of benzene rings is 1. The Labute approximate surface area is 111 Å². The first kappa shape index (κ1) is 12.6. The number of nitrogens with zero attached hydrogens (tertiary/aromatic N) is 2. The normalized spacial score (nSPS) is 10.1. The number of hydrogen-bond donors (Lipinski definition) is 1. The van der Waals surface area contributed by atoms with E-state index in [2.05, 4.69) is 15.3 Å². The van der Waals surface area contributed by atoms with Gasteiger partial charge in [0.05, 0.1) is 6.61 Å². The van der Waals surface area contributed by atoms with E-state index in [0.29, 0.717) is 24.3 Å². The van der Waals surface area contributed by atoms with Crippen LogP contribution in [0, 0.1) is 0 Å². The van der Waals surface area contributed by atoms with Crippen molar-refractivity contribution in [2.75, 3.05) is 11.9 Å². The van der Waals surface area contributed by atoms with Crippen LogP contribution in [0.5, 0.6) is 5.88 Å². The van der Waals surface area contributed by atoms with Crippen LogP contribution < -0.4 is 10.1 Å².